The molecular weight excluding hydrogens is 402 g/mol. The van der Waals surface area contributed by atoms with Crippen LogP contribution in [0.5, 0.6) is 5.88 Å². The van der Waals surface area contributed by atoms with Crippen molar-refractivity contribution in [1.82, 2.24) is 24.7 Å². The third kappa shape index (κ3) is 3.29. The van der Waals surface area contributed by atoms with Gasteiger partial charge in [-0.15, -0.1) is 0 Å². The predicted octanol–water partition coefficient (Wildman–Crippen LogP) is 3.91. The van der Waals surface area contributed by atoms with Gasteiger partial charge >= 0.3 is 0 Å². The number of benzene rings is 1. The van der Waals surface area contributed by atoms with Gasteiger partial charge in [-0.2, -0.15) is 10.4 Å². The van der Waals surface area contributed by atoms with Crippen LogP contribution >= 0.6 is 11.6 Å². The van der Waals surface area contributed by atoms with Crippen molar-refractivity contribution >= 4 is 28.3 Å². The monoisotopic (exact) mass is 417 g/mol. The summed E-state index contributed by atoms with van der Waals surface area (Å²) in [6.45, 7) is 0.0928. The van der Waals surface area contributed by atoms with Gasteiger partial charge in [0.25, 0.3) is 0 Å². The Kier molecular flexibility index (Phi) is 4.45. The van der Waals surface area contributed by atoms with Crippen LogP contribution < -0.4 is 10.5 Å². The zero-order chi connectivity index (χ0) is 20.7. The highest BCUT2D eigenvalue weighted by molar-refractivity contribution is 6.30. The molecule has 8 nitrogen and oxygen atoms in total. The molecule has 0 atom stereocenters. The van der Waals surface area contributed by atoms with Gasteiger partial charge < -0.3 is 10.5 Å². The number of anilines is 1. The Balaban J connectivity index is 1.53. The summed E-state index contributed by atoms with van der Waals surface area (Å²) in [5, 5.41) is 15.0. The van der Waals surface area contributed by atoms with Crippen molar-refractivity contribution in [2.75, 3.05) is 5.73 Å². The molecule has 0 aliphatic heterocycles. The van der Waals surface area contributed by atoms with Crippen LogP contribution in [-0.2, 0) is 6.61 Å². The van der Waals surface area contributed by atoms with E-state index in [4.69, 9.17) is 22.1 Å². The number of ether oxygens (including phenoxy) is 1. The molecule has 0 saturated heterocycles. The van der Waals surface area contributed by atoms with Crippen LogP contribution in [0, 0.1) is 11.3 Å². The molecule has 1 aromatic carbocycles. The number of rotatable bonds is 5. The van der Waals surface area contributed by atoms with Crippen molar-refractivity contribution in [2.45, 2.75) is 25.5 Å². The molecule has 30 heavy (non-hydrogen) atoms. The first-order chi connectivity index (χ1) is 14.6. The molecule has 2 N–H and O–H groups in total. The average Bonchev–Trinajstić information content (AvgIpc) is 3.52. The van der Waals surface area contributed by atoms with Crippen molar-refractivity contribution in [3.05, 3.63) is 59.3 Å². The van der Waals surface area contributed by atoms with Crippen molar-refractivity contribution in [2.24, 2.45) is 0 Å². The van der Waals surface area contributed by atoms with Gasteiger partial charge in [-0.05, 0) is 30.5 Å². The zero-order valence-electron chi connectivity index (χ0n) is 15.8. The lowest BCUT2D eigenvalue weighted by molar-refractivity contribution is 0.291. The second-order valence-electron chi connectivity index (χ2n) is 7.07. The van der Waals surface area contributed by atoms with E-state index in [0.717, 1.165) is 24.0 Å². The standard InChI is InChI=1S/C21H16ClN7O/c22-14-3-1-2-12(6-14)16-8-25-21(18-19(16)26-11-27-20(18)24)30-10-17-13(7-23)9-29(28-17)15-4-5-15/h1-3,6,8-9,11,15H,4-5,10H2,(H2,24,26,27). The Bertz CT molecular complexity index is 1310. The van der Waals surface area contributed by atoms with Crippen molar-refractivity contribution in [3.63, 3.8) is 0 Å². The number of pyridine rings is 1. The van der Waals surface area contributed by atoms with Crippen molar-refractivity contribution in [3.8, 4) is 23.1 Å². The first-order valence-corrected chi connectivity index (χ1v) is 9.78. The van der Waals surface area contributed by atoms with Gasteiger partial charge in [0.15, 0.2) is 0 Å². The van der Waals surface area contributed by atoms with E-state index in [9.17, 15) is 5.26 Å². The summed E-state index contributed by atoms with van der Waals surface area (Å²) in [7, 11) is 0. The third-order valence-corrected chi connectivity index (χ3v) is 5.22. The summed E-state index contributed by atoms with van der Waals surface area (Å²) in [6, 6.07) is 9.97. The lowest BCUT2D eigenvalue weighted by atomic mass is 10.0. The molecule has 148 valence electrons. The fourth-order valence-electron chi connectivity index (χ4n) is 3.33. The molecule has 0 bridgehead atoms. The minimum atomic E-state index is 0.0928. The van der Waals surface area contributed by atoms with Crippen LogP contribution in [-0.4, -0.2) is 24.7 Å². The van der Waals surface area contributed by atoms with Crippen molar-refractivity contribution in [1.29, 1.82) is 5.26 Å². The summed E-state index contributed by atoms with van der Waals surface area (Å²) in [4.78, 5) is 13.0. The first kappa shape index (κ1) is 18.3. The van der Waals surface area contributed by atoms with Gasteiger partial charge in [0, 0.05) is 23.0 Å². The maximum absolute atomic E-state index is 9.41. The zero-order valence-corrected chi connectivity index (χ0v) is 16.5. The van der Waals surface area contributed by atoms with Crippen LogP contribution in [0.2, 0.25) is 5.02 Å². The quantitative estimate of drug-likeness (QED) is 0.523. The first-order valence-electron chi connectivity index (χ1n) is 9.40. The second-order valence-corrected chi connectivity index (χ2v) is 7.51. The van der Waals surface area contributed by atoms with E-state index in [1.54, 1.807) is 18.5 Å². The van der Waals surface area contributed by atoms with Crippen LogP contribution in [0.1, 0.15) is 30.1 Å². The van der Waals surface area contributed by atoms with Crippen molar-refractivity contribution < 1.29 is 4.74 Å². The van der Waals surface area contributed by atoms with Gasteiger partial charge in [0.1, 0.15) is 35.9 Å². The molecule has 1 aliphatic carbocycles. The van der Waals surface area contributed by atoms with Crippen LogP contribution in [0.25, 0.3) is 22.0 Å². The Morgan fingerprint density at radius 3 is 2.90 bits per heavy atom. The Labute approximate surface area is 176 Å². The molecule has 3 aromatic heterocycles. The number of nitriles is 1. The van der Waals surface area contributed by atoms with Crippen LogP contribution in [0.4, 0.5) is 5.82 Å². The number of nitrogens with two attached hydrogens (primary N) is 1. The van der Waals surface area contributed by atoms with E-state index in [2.05, 4.69) is 26.1 Å². The summed E-state index contributed by atoms with van der Waals surface area (Å²) in [6.07, 6.45) is 7.00. The smallest absolute Gasteiger partial charge is 0.227 e. The van der Waals surface area contributed by atoms with Gasteiger partial charge in [-0.25, -0.2) is 15.0 Å². The van der Waals surface area contributed by atoms with E-state index in [-0.39, 0.29) is 12.4 Å². The molecule has 1 fully saturated rings. The van der Waals surface area contributed by atoms with E-state index in [1.807, 2.05) is 22.9 Å². The minimum absolute atomic E-state index is 0.0928. The molecular formula is C21H16ClN7O. The van der Waals surface area contributed by atoms with Gasteiger partial charge in [-0.3, -0.25) is 4.68 Å². The van der Waals surface area contributed by atoms with Gasteiger partial charge in [0.2, 0.25) is 5.88 Å². The van der Waals surface area contributed by atoms with E-state index >= 15 is 0 Å². The lowest BCUT2D eigenvalue weighted by Crippen LogP contribution is -2.04. The summed E-state index contributed by atoms with van der Waals surface area (Å²) >= 11 is 6.15. The fraction of sp³-hybridized carbons (Fsp3) is 0.190. The molecule has 0 spiro atoms. The van der Waals surface area contributed by atoms with E-state index < -0.39 is 0 Å². The number of hydrogen-bond donors (Lipinski definition) is 1. The lowest BCUT2D eigenvalue weighted by Gasteiger charge is -2.12. The number of nitrogens with zero attached hydrogens (tertiary/aromatic N) is 6. The topological polar surface area (TPSA) is 116 Å². The summed E-state index contributed by atoms with van der Waals surface area (Å²) in [5.74, 6) is 0.550. The highest BCUT2D eigenvalue weighted by atomic mass is 35.5. The number of aromatic nitrogens is 5. The molecule has 0 unspecified atom stereocenters. The fourth-order valence-corrected chi connectivity index (χ4v) is 3.52. The molecule has 0 radical (unpaired) electrons. The molecule has 4 aromatic rings. The number of nitrogen functional groups attached to an aromatic ring is 1. The van der Waals surface area contributed by atoms with E-state index in [1.165, 1.54) is 6.33 Å². The number of fused-ring (bicyclic) bond motifs is 1. The summed E-state index contributed by atoms with van der Waals surface area (Å²) < 4.78 is 7.77. The Morgan fingerprint density at radius 2 is 2.13 bits per heavy atom. The average molecular weight is 418 g/mol. The molecule has 5 rings (SSSR count). The maximum Gasteiger partial charge on any atom is 0.227 e. The SMILES string of the molecule is N#Cc1cn(C2CC2)nc1COc1ncc(-c2cccc(Cl)c2)c2ncnc(N)c12. The molecule has 0 amide bonds. The Morgan fingerprint density at radius 1 is 1.27 bits per heavy atom. The molecule has 1 aliphatic rings. The predicted molar refractivity (Wildman–Crippen MR) is 112 cm³/mol. The normalized spacial score (nSPS) is 13.3. The largest absolute Gasteiger partial charge is 0.470 e. The molecule has 1 saturated carbocycles. The highest BCUT2D eigenvalue weighted by Gasteiger charge is 2.26. The van der Waals surface area contributed by atoms with E-state index in [0.29, 0.717) is 39.1 Å². The number of halogens is 1. The summed E-state index contributed by atoms with van der Waals surface area (Å²) in [5.41, 5.74) is 9.44. The minimum Gasteiger partial charge on any atom is -0.470 e. The van der Waals surface area contributed by atoms with Gasteiger partial charge in [-0.1, -0.05) is 23.7 Å². The molecule has 9 heteroatoms. The van der Waals surface area contributed by atoms with Gasteiger partial charge in [0.05, 0.1) is 17.1 Å². The maximum atomic E-state index is 9.41. The Hall–Kier alpha value is -3.70. The molecule has 3 heterocycles. The second kappa shape index (κ2) is 7.28. The van der Waals surface area contributed by atoms with Crippen LogP contribution in [0.15, 0.2) is 43.0 Å². The third-order valence-electron chi connectivity index (χ3n) is 4.99. The highest BCUT2D eigenvalue weighted by Crippen LogP contribution is 2.36. The van der Waals surface area contributed by atoms with Crippen LogP contribution in [0.3, 0.4) is 0 Å². The number of hydrogen-bond acceptors (Lipinski definition) is 7.